The summed E-state index contributed by atoms with van der Waals surface area (Å²) in [4.78, 5) is 13.7. The summed E-state index contributed by atoms with van der Waals surface area (Å²) in [6.45, 7) is 5.75. The summed E-state index contributed by atoms with van der Waals surface area (Å²) >= 11 is 5.41. The monoisotopic (exact) mass is 220 g/mol. The van der Waals surface area contributed by atoms with Gasteiger partial charge in [0.05, 0.1) is 6.04 Å². The van der Waals surface area contributed by atoms with E-state index in [1.807, 2.05) is 6.92 Å². The molecule has 3 N–H and O–H groups in total. The number of halogens is 1. The lowest BCUT2D eigenvalue weighted by molar-refractivity contribution is -0.130. The highest BCUT2D eigenvalue weighted by Crippen LogP contribution is 2.03. The van der Waals surface area contributed by atoms with Crippen LogP contribution >= 0.6 is 11.8 Å². The molecule has 0 aliphatic heterocycles. The van der Waals surface area contributed by atoms with Crippen LogP contribution in [0.5, 0.6) is 0 Å². The summed E-state index contributed by atoms with van der Waals surface area (Å²) in [6, 6.07) is -0.411. The van der Waals surface area contributed by atoms with E-state index in [1.54, 1.807) is 6.08 Å². The molecule has 0 aromatic carbocycles. The van der Waals surface area contributed by atoms with Crippen molar-refractivity contribution < 1.29 is 9.90 Å². The van der Waals surface area contributed by atoms with Gasteiger partial charge in [0.15, 0.2) is 0 Å². The molecule has 82 valence electrons. The summed E-state index contributed by atoms with van der Waals surface area (Å²) in [5, 5.41) is 12.0. The van der Waals surface area contributed by atoms with Crippen molar-refractivity contribution in [1.82, 2.24) is 10.2 Å². The van der Waals surface area contributed by atoms with E-state index >= 15 is 0 Å². The molecule has 0 bridgehead atoms. The van der Waals surface area contributed by atoms with Gasteiger partial charge in [0.1, 0.15) is 6.10 Å². The molecule has 0 heterocycles. The normalized spacial score (nSPS) is 14.5. The fourth-order valence-corrected chi connectivity index (χ4v) is 1.27. The minimum Gasteiger partial charge on any atom is -0.382 e. The van der Waals surface area contributed by atoms with E-state index in [1.165, 1.54) is 0 Å². The van der Waals surface area contributed by atoms with Crippen LogP contribution in [0.1, 0.15) is 19.8 Å². The van der Waals surface area contributed by atoms with Gasteiger partial charge in [-0.1, -0.05) is 19.4 Å². The summed E-state index contributed by atoms with van der Waals surface area (Å²) in [5.41, 5.74) is 0. The Morgan fingerprint density at radius 2 is 2.36 bits per heavy atom. The Morgan fingerprint density at radius 1 is 1.71 bits per heavy atom. The second-order valence-corrected chi connectivity index (χ2v) is 3.20. The van der Waals surface area contributed by atoms with Crippen LogP contribution in [0.4, 0.5) is 0 Å². The maximum Gasteiger partial charge on any atom is 0.250 e. The third-order valence-electron chi connectivity index (χ3n) is 1.81. The van der Waals surface area contributed by atoms with Crippen molar-refractivity contribution >= 4 is 17.7 Å². The number of aliphatic hydroxyl groups excluding tert-OH is 1. The molecular formula is C9H17ClN2O2. The molecule has 2 atom stereocenters. The Hall–Kier alpha value is -0.580. The average molecular weight is 221 g/mol. The Labute approximate surface area is 89.4 Å². The highest BCUT2D eigenvalue weighted by atomic mass is 35.5. The van der Waals surface area contributed by atoms with Crippen molar-refractivity contribution in [2.24, 2.45) is 0 Å². The van der Waals surface area contributed by atoms with Gasteiger partial charge in [0, 0.05) is 6.54 Å². The topological polar surface area (TPSA) is 61.4 Å². The zero-order valence-corrected chi connectivity index (χ0v) is 9.05. The molecule has 5 heteroatoms. The molecular weight excluding hydrogens is 204 g/mol. The molecule has 0 aromatic heterocycles. The van der Waals surface area contributed by atoms with Crippen LogP contribution in [0.25, 0.3) is 0 Å². The summed E-state index contributed by atoms with van der Waals surface area (Å²) in [7, 11) is 0. The van der Waals surface area contributed by atoms with Gasteiger partial charge in [0.25, 0.3) is 5.91 Å². The molecule has 0 aliphatic carbocycles. The van der Waals surface area contributed by atoms with Crippen molar-refractivity contribution in [3.63, 3.8) is 0 Å². The van der Waals surface area contributed by atoms with E-state index in [4.69, 9.17) is 11.8 Å². The van der Waals surface area contributed by atoms with Gasteiger partial charge in [-0.2, -0.15) is 0 Å². The number of carbonyl (C=O) groups excluding carboxylic acids is 1. The lowest BCUT2D eigenvalue weighted by Crippen LogP contribution is -2.46. The van der Waals surface area contributed by atoms with E-state index in [0.717, 1.165) is 6.42 Å². The molecule has 0 fully saturated rings. The van der Waals surface area contributed by atoms with E-state index in [9.17, 15) is 9.90 Å². The molecule has 4 nitrogen and oxygen atoms in total. The first-order valence-electron chi connectivity index (χ1n) is 4.60. The highest BCUT2D eigenvalue weighted by molar-refractivity contribution is 6.13. The standard InChI is InChI=1S/C9H17ClN2O2/c1-3-5-7(12-10)8(13)9(14)11-6-4-2/h4,7-8,12-13H,2-3,5-6H2,1H3,(H,11,14). The average Bonchev–Trinajstić information content (AvgIpc) is 2.21. The fraction of sp³-hybridized carbons (Fsp3) is 0.667. The van der Waals surface area contributed by atoms with E-state index in [0.29, 0.717) is 13.0 Å². The van der Waals surface area contributed by atoms with Crippen molar-refractivity contribution in [3.8, 4) is 0 Å². The smallest absolute Gasteiger partial charge is 0.250 e. The summed E-state index contributed by atoms with van der Waals surface area (Å²) in [6.07, 6.45) is 1.92. The zero-order valence-electron chi connectivity index (χ0n) is 8.29. The van der Waals surface area contributed by atoms with Gasteiger partial charge in [-0.3, -0.25) is 4.79 Å². The van der Waals surface area contributed by atoms with Gasteiger partial charge in [-0.15, -0.1) is 6.58 Å². The summed E-state index contributed by atoms with van der Waals surface area (Å²) in [5.74, 6) is -0.434. The maximum absolute atomic E-state index is 11.3. The predicted molar refractivity (Wildman–Crippen MR) is 56.9 cm³/mol. The second-order valence-electron chi connectivity index (χ2n) is 2.98. The van der Waals surface area contributed by atoms with Crippen molar-refractivity contribution in [2.75, 3.05) is 6.54 Å². The lowest BCUT2D eigenvalue weighted by atomic mass is 10.1. The van der Waals surface area contributed by atoms with Gasteiger partial charge >= 0.3 is 0 Å². The lowest BCUT2D eigenvalue weighted by Gasteiger charge is -2.19. The van der Waals surface area contributed by atoms with E-state index in [2.05, 4.69) is 16.7 Å². The van der Waals surface area contributed by atoms with Crippen LogP contribution in [-0.2, 0) is 4.79 Å². The minimum atomic E-state index is -1.12. The number of aliphatic hydroxyl groups is 1. The number of amides is 1. The van der Waals surface area contributed by atoms with Crippen LogP contribution < -0.4 is 10.2 Å². The second kappa shape index (κ2) is 7.79. The number of carbonyl (C=O) groups is 1. The SMILES string of the molecule is C=CCNC(=O)C(O)C(CCC)NCl. The largest absolute Gasteiger partial charge is 0.382 e. The van der Waals surface area contributed by atoms with Gasteiger partial charge in [0.2, 0.25) is 0 Å². The Kier molecular flexibility index (Phi) is 7.47. The molecule has 0 rings (SSSR count). The molecule has 14 heavy (non-hydrogen) atoms. The van der Waals surface area contributed by atoms with Crippen molar-refractivity contribution in [1.29, 1.82) is 0 Å². The van der Waals surface area contributed by atoms with Crippen LogP contribution in [0, 0.1) is 0 Å². The first-order chi connectivity index (χ1) is 6.67. The predicted octanol–water partition coefficient (Wildman–Crippen LogP) is 0.562. The molecule has 0 radical (unpaired) electrons. The van der Waals surface area contributed by atoms with Gasteiger partial charge < -0.3 is 10.4 Å². The Balaban J connectivity index is 4.04. The number of rotatable bonds is 7. The van der Waals surface area contributed by atoms with Crippen LogP contribution in [0.2, 0.25) is 0 Å². The van der Waals surface area contributed by atoms with Gasteiger partial charge in [-0.25, -0.2) is 4.84 Å². The quantitative estimate of drug-likeness (QED) is 0.434. The van der Waals surface area contributed by atoms with E-state index in [-0.39, 0.29) is 0 Å². The minimum absolute atomic E-state index is 0.344. The third-order valence-corrected chi connectivity index (χ3v) is 2.09. The number of hydrogen-bond donors (Lipinski definition) is 3. The first-order valence-corrected chi connectivity index (χ1v) is 4.98. The van der Waals surface area contributed by atoms with Crippen LogP contribution in [0.3, 0.4) is 0 Å². The molecule has 1 amide bonds. The highest BCUT2D eigenvalue weighted by Gasteiger charge is 2.23. The first kappa shape index (κ1) is 13.4. The Bertz CT molecular complexity index is 188. The zero-order chi connectivity index (χ0) is 11.0. The molecule has 0 spiro atoms. The maximum atomic E-state index is 11.3. The molecule has 0 saturated carbocycles. The molecule has 0 aliphatic rings. The summed E-state index contributed by atoms with van der Waals surface area (Å²) < 4.78 is 0. The number of hydrogen-bond acceptors (Lipinski definition) is 3. The van der Waals surface area contributed by atoms with Crippen LogP contribution in [0.15, 0.2) is 12.7 Å². The third kappa shape index (κ3) is 4.60. The van der Waals surface area contributed by atoms with Crippen molar-refractivity contribution in [2.45, 2.75) is 31.9 Å². The van der Waals surface area contributed by atoms with Crippen LogP contribution in [-0.4, -0.2) is 29.7 Å². The van der Waals surface area contributed by atoms with Gasteiger partial charge in [-0.05, 0) is 18.2 Å². The molecule has 2 unspecified atom stereocenters. The van der Waals surface area contributed by atoms with Crippen molar-refractivity contribution in [3.05, 3.63) is 12.7 Å². The molecule has 0 aromatic rings. The molecule has 0 saturated heterocycles. The van der Waals surface area contributed by atoms with E-state index < -0.39 is 18.1 Å². The number of nitrogens with one attached hydrogen (secondary N) is 2. The Morgan fingerprint density at radius 3 is 2.79 bits per heavy atom. The fourth-order valence-electron chi connectivity index (χ4n) is 1.04.